The molecule has 5 nitrogen and oxygen atoms in total. The van der Waals surface area contributed by atoms with E-state index in [9.17, 15) is 18.0 Å². The van der Waals surface area contributed by atoms with Crippen molar-refractivity contribution in [2.24, 2.45) is 0 Å². The van der Waals surface area contributed by atoms with E-state index in [0.717, 1.165) is 18.2 Å². The van der Waals surface area contributed by atoms with Crippen LogP contribution in [-0.2, 0) is 6.18 Å². The lowest BCUT2D eigenvalue weighted by atomic mass is 10.1. The van der Waals surface area contributed by atoms with Gasteiger partial charge in [-0.05, 0) is 18.2 Å². The zero-order chi connectivity index (χ0) is 15.2. The van der Waals surface area contributed by atoms with E-state index in [1.165, 1.54) is 12.1 Å². The van der Waals surface area contributed by atoms with Gasteiger partial charge >= 0.3 is 12.1 Å². The number of alkyl halides is 3. The predicted octanol–water partition coefficient (Wildman–Crippen LogP) is 3.80. The van der Waals surface area contributed by atoms with Crippen molar-refractivity contribution in [2.75, 3.05) is 0 Å². The molecule has 21 heavy (non-hydrogen) atoms. The molecule has 0 aliphatic heterocycles. The molecule has 3 aromatic rings. The van der Waals surface area contributed by atoms with Crippen LogP contribution in [-0.4, -0.2) is 16.2 Å². The number of furan rings is 1. The summed E-state index contributed by atoms with van der Waals surface area (Å²) >= 11 is 0. The van der Waals surface area contributed by atoms with E-state index in [4.69, 9.17) is 14.0 Å². The minimum absolute atomic E-state index is 0.0214. The number of aromatic nitrogens is 1. The second-order valence-corrected chi connectivity index (χ2v) is 4.21. The maximum atomic E-state index is 12.9. The van der Waals surface area contributed by atoms with Gasteiger partial charge < -0.3 is 14.0 Å². The quantitative estimate of drug-likeness (QED) is 0.778. The zero-order valence-corrected chi connectivity index (χ0v) is 10.1. The molecule has 0 atom stereocenters. The van der Waals surface area contributed by atoms with Crippen LogP contribution < -0.4 is 0 Å². The first kappa shape index (κ1) is 13.2. The van der Waals surface area contributed by atoms with Crippen molar-refractivity contribution in [1.82, 2.24) is 5.16 Å². The Balaban J connectivity index is 2.15. The number of fused-ring (bicyclic) bond motifs is 1. The van der Waals surface area contributed by atoms with Crippen molar-refractivity contribution in [3.63, 3.8) is 0 Å². The molecule has 2 heterocycles. The number of nitrogens with zero attached hydrogens (tertiary/aromatic N) is 1. The Morgan fingerprint density at radius 1 is 1.19 bits per heavy atom. The van der Waals surface area contributed by atoms with Crippen LogP contribution >= 0.6 is 0 Å². The Kier molecular flexibility index (Phi) is 2.75. The van der Waals surface area contributed by atoms with Crippen LogP contribution in [0.2, 0.25) is 0 Å². The Morgan fingerprint density at radius 3 is 2.57 bits per heavy atom. The van der Waals surface area contributed by atoms with Crippen molar-refractivity contribution in [3.05, 3.63) is 41.6 Å². The summed E-state index contributed by atoms with van der Waals surface area (Å²) in [5.74, 6) is -1.39. The highest BCUT2D eigenvalue weighted by atomic mass is 19.4. The zero-order valence-electron chi connectivity index (χ0n) is 10.1. The maximum Gasteiger partial charge on any atom is 0.417 e. The average molecular weight is 297 g/mol. The normalized spacial score (nSPS) is 12.0. The van der Waals surface area contributed by atoms with Gasteiger partial charge in [-0.3, -0.25) is 0 Å². The van der Waals surface area contributed by atoms with Gasteiger partial charge in [-0.1, -0.05) is 11.2 Å². The van der Waals surface area contributed by atoms with Crippen molar-refractivity contribution < 1.29 is 32.0 Å². The molecule has 0 saturated carbocycles. The summed E-state index contributed by atoms with van der Waals surface area (Å²) in [6.45, 7) is 0. The highest BCUT2D eigenvalue weighted by Gasteiger charge is 2.33. The average Bonchev–Trinajstić information content (AvgIpc) is 3.03. The molecule has 108 valence electrons. The molecule has 8 heteroatoms. The van der Waals surface area contributed by atoms with E-state index in [-0.39, 0.29) is 28.2 Å². The van der Waals surface area contributed by atoms with E-state index in [2.05, 4.69) is 5.16 Å². The number of carboxylic acids is 1. The molecule has 0 unspecified atom stereocenters. The van der Waals surface area contributed by atoms with Crippen molar-refractivity contribution in [1.29, 1.82) is 0 Å². The number of halogens is 3. The topological polar surface area (TPSA) is 76.5 Å². The minimum atomic E-state index is -4.52. The maximum absolute atomic E-state index is 12.9. The monoisotopic (exact) mass is 297 g/mol. The smallest absolute Gasteiger partial charge is 0.417 e. The molecule has 0 fully saturated rings. The summed E-state index contributed by atoms with van der Waals surface area (Å²) in [7, 11) is 0. The first-order valence-corrected chi connectivity index (χ1v) is 5.66. The highest BCUT2D eigenvalue weighted by molar-refractivity contribution is 5.88. The number of carboxylic acid groups (broad SMARTS) is 1. The first-order valence-electron chi connectivity index (χ1n) is 5.66. The first-order chi connectivity index (χ1) is 9.86. The number of hydrogen-bond acceptors (Lipinski definition) is 4. The third kappa shape index (κ3) is 2.24. The van der Waals surface area contributed by atoms with Gasteiger partial charge in [-0.25, -0.2) is 4.79 Å². The SMILES string of the molecule is O=C(O)c1cc(-c2cc3c(C(F)(F)F)cccc3o2)on1. The third-order valence-electron chi connectivity index (χ3n) is 2.84. The lowest BCUT2D eigenvalue weighted by Crippen LogP contribution is -2.04. The highest BCUT2D eigenvalue weighted by Crippen LogP contribution is 2.38. The van der Waals surface area contributed by atoms with Crippen LogP contribution in [0.5, 0.6) is 0 Å². The summed E-state index contributed by atoms with van der Waals surface area (Å²) in [6.07, 6.45) is -4.52. The van der Waals surface area contributed by atoms with E-state index in [1.807, 2.05) is 0 Å². The molecule has 0 aliphatic rings. The molecular weight excluding hydrogens is 291 g/mol. The Morgan fingerprint density at radius 2 is 1.95 bits per heavy atom. The predicted molar refractivity (Wildman–Crippen MR) is 63.7 cm³/mol. The second kappa shape index (κ2) is 4.37. The number of aromatic carboxylic acids is 1. The van der Waals surface area contributed by atoms with E-state index >= 15 is 0 Å². The van der Waals surface area contributed by atoms with Crippen molar-refractivity contribution >= 4 is 16.9 Å². The summed E-state index contributed by atoms with van der Waals surface area (Å²) in [5, 5.41) is 11.9. The molecule has 0 amide bonds. The number of hydrogen-bond donors (Lipinski definition) is 1. The summed E-state index contributed by atoms with van der Waals surface area (Å²) in [5.41, 5.74) is -1.18. The lowest BCUT2D eigenvalue weighted by molar-refractivity contribution is -0.136. The van der Waals surface area contributed by atoms with Gasteiger partial charge in [0.05, 0.1) is 5.56 Å². The second-order valence-electron chi connectivity index (χ2n) is 4.21. The van der Waals surface area contributed by atoms with Crippen molar-refractivity contribution in [3.8, 4) is 11.5 Å². The van der Waals surface area contributed by atoms with E-state index in [1.54, 1.807) is 0 Å². The fourth-order valence-corrected chi connectivity index (χ4v) is 1.92. The van der Waals surface area contributed by atoms with Gasteiger partial charge in [-0.15, -0.1) is 0 Å². The van der Waals surface area contributed by atoms with Crippen LogP contribution in [0.1, 0.15) is 16.1 Å². The minimum Gasteiger partial charge on any atom is -0.476 e. The van der Waals surface area contributed by atoms with Crippen LogP contribution in [0, 0.1) is 0 Å². The fourth-order valence-electron chi connectivity index (χ4n) is 1.92. The van der Waals surface area contributed by atoms with Gasteiger partial charge in [0.2, 0.25) is 5.76 Å². The van der Waals surface area contributed by atoms with Gasteiger partial charge in [0.1, 0.15) is 5.58 Å². The van der Waals surface area contributed by atoms with Crippen LogP contribution in [0.4, 0.5) is 13.2 Å². The molecule has 0 spiro atoms. The van der Waals surface area contributed by atoms with Gasteiger partial charge in [0.25, 0.3) is 0 Å². The standard InChI is InChI=1S/C13H6F3NO4/c14-13(15,16)7-2-1-3-9-6(7)4-10(20-9)11-5-8(12(18)19)17-21-11/h1-5H,(H,18,19). The molecule has 3 rings (SSSR count). The molecule has 0 aliphatic carbocycles. The largest absolute Gasteiger partial charge is 0.476 e. The van der Waals surface area contributed by atoms with Crippen LogP contribution in [0.15, 0.2) is 39.3 Å². The molecule has 1 aromatic carbocycles. The van der Waals surface area contributed by atoms with E-state index in [0.29, 0.717) is 0 Å². The van der Waals surface area contributed by atoms with Gasteiger partial charge in [0.15, 0.2) is 11.5 Å². The number of rotatable bonds is 2. The number of carbonyl (C=O) groups is 1. The van der Waals surface area contributed by atoms with Crippen LogP contribution in [0.25, 0.3) is 22.5 Å². The molecule has 2 aromatic heterocycles. The van der Waals surface area contributed by atoms with Gasteiger partial charge in [0, 0.05) is 11.5 Å². The van der Waals surface area contributed by atoms with Crippen molar-refractivity contribution in [2.45, 2.75) is 6.18 Å². The lowest BCUT2D eigenvalue weighted by Gasteiger charge is -2.06. The summed E-state index contributed by atoms with van der Waals surface area (Å²) in [4.78, 5) is 10.7. The third-order valence-corrected chi connectivity index (χ3v) is 2.84. The summed E-state index contributed by atoms with van der Waals surface area (Å²) in [6, 6.07) is 5.76. The molecule has 0 saturated heterocycles. The number of benzene rings is 1. The Labute approximate surface area is 114 Å². The molecular formula is C13H6F3NO4. The Bertz CT molecular complexity index is 831. The van der Waals surface area contributed by atoms with Gasteiger partial charge in [-0.2, -0.15) is 13.2 Å². The molecule has 0 radical (unpaired) electrons. The molecule has 0 bridgehead atoms. The fraction of sp³-hybridized carbons (Fsp3) is 0.0769. The summed E-state index contributed by atoms with van der Waals surface area (Å²) < 4.78 is 48.7. The van der Waals surface area contributed by atoms with Crippen LogP contribution in [0.3, 0.4) is 0 Å². The molecule has 1 N–H and O–H groups in total. The Hall–Kier alpha value is -2.77. The van der Waals surface area contributed by atoms with E-state index < -0.39 is 17.7 Å².